The van der Waals surface area contributed by atoms with Crippen LogP contribution in [0.2, 0.25) is 25.4 Å². The van der Waals surface area contributed by atoms with Crippen molar-refractivity contribution < 1.29 is 4.43 Å². The number of allylic oxidation sites excluding steroid dienone is 1. The Morgan fingerprint density at radius 3 is 1.72 bits per heavy atom. The molecule has 0 saturated carbocycles. The third kappa shape index (κ3) is 8.53. The number of unbranched alkanes of at least 4 members (excludes halogenated alkanes) is 4. The predicted octanol–water partition coefficient (Wildman–Crippen LogP) is 10.4. The molecule has 1 aromatic carbocycles. The van der Waals surface area contributed by atoms with Crippen LogP contribution in [-0.2, 0) is 4.43 Å². The van der Waals surface area contributed by atoms with Crippen LogP contribution in [0.25, 0.3) is 0 Å². The van der Waals surface area contributed by atoms with Gasteiger partial charge in [-0.1, -0.05) is 0 Å². The first kappa shape index (κ1) is 29.8. The Morgan fingerprint density at radius 1 is 0.812 bits per heavy atom. The Balaban J connectivity index is 3.48. The first-order valence-electron chi connectivity index (χ1n) is 13.9. The molecule has 1 nitrogen and oxygen atoms in total. The van der Waals surface area contributed by atoms with Crippen molar-refractivity contribution in [3.05, 3.63) is 45.7 Å². The van der Waals surface area contributed by atoms with Crippen molar-refractivity contribution in [2.75, 3.05) is 0 Å². The molecule has 1 rings (SSSR count). The van der Waals surface area contributed by atoms with E-state index in [4.69, 9.17) is 4.43 Å². The van der Waals surface area contributed by atoms with Gasteiger partial charge in [-0.3, -0.25) is 0 Å². The summed E-state index contributed by atoms with van der Waals surface area (Å²) in [7, 11) is -1.94. The second kappa shape index (κ2) is 16.4. The summed E-state index contributed by atoms with van der Waals surface area (Å²) in [6.45, 7) is 16.7. The summed E-state index contributed by atoms with van der Waals surface area (Å²) < 4.78 is 13.7. The van der Waals surface area contributed by atoms with Gasteiger partial charge in [-0.15, -0.1) is 0 Å². The maximum atomic E-state index is 7.60. The molecule has 0 aliphatic heterocycles. The molecule has 0 saturated heterocycles. The van der Waals surface area contributed by atoms with Crippen LogP contribution in [0.3, 0.4) is 0 Å². The monoisotopic (exact) mass is 566 g/mol. The van der Waals surface area contributed by atoms with Crippen LogP contribution in [0, 0.1) is 0 Å². The Kier molecular flexibility index (Phi) is 15.3. The zero-order valence-corrected chi connectivity index (χ0v) is 26.5. The maximum absolute atomic E-state index is 7.60. The Labute approximate surface area is 206 Å². The van der Waals surface area contributed by atoms with Crippen molar-refractivity contribution in [1.82, 2.24) is 0 Å². The van der Waals surface area contributed by atoms with Crippen molar-refractivity contribution in [3.8, 4) is 0 Å². The van der Waals surface area contributed by atoms with Crippen molar-refractivity contribution in [3.63, 3.8) is 0 Å². The number of benzene rings is 1. The summed E-state index contributed by atoms with van der Waals surface area (Å²) in [6, 6.07) is 13.6. The second-order valence-electron chi connectivity index (χ2n) is 9.95. The van der Waals surface area contributed by atoms with Gasteiger partial charge in [0.15, 0.2) is 0 Å². The van der Waals surface area contributed by atoms with Gasteiger partial charge in [0, 0.05) is 0 Å². The predicted molar refractivity (Wildman–Crippen MR) is 151 cm³/mol. The van der Waals surface area contributed by atoms with E-state index >= 15 is 0 Å². The van der Waals surface area contributed by atoms with Gasteiger partial charge in [0.05, 0.1) is 0 Å². The molecule has 0 spiro atoms. The molecule has 0 heterocycles. The molecule has 0 aliphatic rings. The number of hydrogen-bond acceptors (Lipinski definition) is 1. The summed E-state index contributed by atoms with van der Waals surface area (Å²) in [5.74, 6) is 0. The van der Waals surface area contributed by atoms with E-state index in [1.54, 1.807) is 3.78 Å². The van der Waals surface area contributed by atoms with E-state index in [1.807, 2.05) is 0 Å². The average Bonchev–Trinajstić information content (AvgIpc) is 2.84. The summed E-state index contributed by atoms with van der Waals surface area (Å²) in [5, 5.41) is 0. The van der Waals surface area contributed by atoms with Gasteiger partial charge in [0.25, 0.3) is 0 Å². The molecule has 0 N–H and O–H groups in total. The first-order valence-corrected chi connectivity index (χ1v) is 23.8. The molecule has 3 heteroatoms. The molecule has 1 atom stereocenters. The normalized spacial score (nSPS) is 13.9. The molecule has 0 unspecified atom stereocenters. The summed E-state index contributed by atoms with van der Waals surface area (Å²) in [5.41, 5.74) is 2.02. The van der Waals surface area contributed by atoms with Crippen LogP contribution in [0.5, 0.6) is 0 Å². The van der Waals surface area contributed by atoms with E-state index in [0.717, 1.165) is 0 Å². The molecule has 184 valence electrons. The fourth-order valence-corrected chi connectivity index (χ4v) is 27.3. The topological polar surface area (TPSA) is 9.23 Å². The van der Waals surface area contributed by atoms with Gasteiger partial charge in [0.2, 0.25) is 0 Å². The van der Waals surface area contributed by atoms with Gasteiger partial charge in [0.1, 0.15) is 0 Å². The molecular weight excluding hydrogens is 511 g/mol. The second-order valence-corrected chi connectivity index (χ2v) is 27.6. The number of rotatable bonds is 18. The van der Waals surface area contributed by atoms with Crippen LogP contribution < -0.4 is 0 Å². The quantitative estimate of drug-likeness (QED) is 0.127. The molecular formula is C29H54OSiSn. The van der Waals surface area contributed by atoms with Crippen LogP contribution in [-0.4, -0.2) is 26.7 Å². The molecule has 0 bridgehead atoms. The fourth-order valence-electron chi connectivity index (χ4n) is 5.29. The fraction of sp³-hybridized carbons (Fsp3) is 0.724. The van der Waals surface area contributed by atoms with Crippen LogP contribution in [0.1, 0.15) is 111 Å². The van der Waals surface area contributed by atoms with Crippen LogP contribution in [0.4, 0.5) is 0 Å². The van der Waals surface area contributed by atoms with E-state index in [-0.39, 0.29) is 0 Å². The van der Waals surface area contributed by atoms with E-state index in [2.05, 4.69) is 84.9 Å². The van der Waals surface area contributed by atoms with E-state index in [0.29, 0.717) is 5.54 Å². The third-order valence-corrected chi connectivity index (χ3v) is 28.4. The number of hydrogen-bond donors (Lipinski definition) is 0. The first-order chi connectivity index (χ1) is 15.5. The van der Waals surface area contributed by atoms with Crippen molar-refractivity contribution >= 4 is 26.7 Å². The van der Waals surface area contributed by atoms with Crippen LogP contribution in [0.15, 0.2) is 40.2 Å². The van der Waals surface area contributed by atoms with Crippen molar-refractivity contribution in [2.24, 2.45) is 0 Å². The third-order valence-electron chi connectivity index (χ3n) is 7.77. The molecule has 0 radical (unpaired) electrons. The van der Waals surface area contributed by atoms with Crippen LogP contribution >= 0.6 is 0 Å². The van der Waals surface area contributed by atoms with Gasteiger partial charge < -0.3 is 0 Å². The molecule has 0 aromatic heterocycles. The zero-order chi connectivity index (χ0) is 23.9. The van der Waals surface area contributed by atoms with Gasteiger partial charge >= 0.3 is 208 Å². The van der Waals surface area contributed by atoms with Gasteiger partial charge in [-0.05, 0) is 0 Å². The summed E-state index contributed by atoms with van der Waals surface area (Å²) in [4.78, 5) is 0. The van der Waals surface area contributed by atoms with Crippen molar-refractivity contribution in [1.29, 1.82) is 0 Å². The molecule has 1 aromatic rings. The van der Waals surface area contributed by atoms with E-state index in [1.165, 1.54) is 82.3 Å². The molecule has 0 aliphatic carbocycles. The molecule has 32 heavy (non-hydrogen) atoms. The average molecular weight is 566 g/mol. The molecule has 0 fully saturated rings. The Hall–Kier alpha value is -0.224. The van der Waals surface area contributed by atoms with Gasteiger partial charge in [-0.2, -0.15) is 0 Å². The van der Waals surface area contributed by atoms with Gasteiger partial charge in [-0.25, -0.2) is 0 Å². The Morgan fingerprint density at radius 2 is 1.31 bits per heavy atom. The minimum atomic E-state index is -2.60. The van der Waals surface area contributed by atoms with E-state index < -0.39 is 26.7 Å². The molecule has 0 amide bonds. The summed E-state index contributed by atoms with van der Waals surface area (Å²) in [6.07, 6.45) is 13.2. The zero-order valence-electron chi connectivity index (χ0n) is 22.6. The minimum absolute atomic E-state index is 0.538. The summed E-state index contributed by atoms with van der Waals surface area (Å²) >= 11 is -2.60. The Bertz CT molecular complexity index is 602. The van der Waals surface area contributed by atoms with E-state index in [9.17, 15) is 0 Å². The van der Waals surface area contributed by atoms with Crippen molar-refractivity contribution in [2.45, 2.75) is 131 Å². The standard InChI is InChI=1S/C17H27OSi.3C4H9.Sn/c1-5-8-12-15-18-19(6-2,7-3)16(4)17-13-10-9-11-14-17;3*1-3-4-2;/h9-14,16H,5-8H2,1-4H3;3*1,3-4H2,2H3;/t16-;;;;/m1..../s1. The SMILES string of the molecule is CCC/C=[C](\O[Si](CC)(CC)[C@H](C)c1ccccc1)[Sn]([CH2]CCC)([CH2]CCC)[CH2]CCC.